The van der Waals surface area contributed by atoms with Gasteiger partial charge in [-0.05, 0) is 25.1 Å². The predicted octanol–water partition coefficient (Wildman–Crippen LogP) is 1.25. The van der Waals surface area contributed by atoms with Gasteiger partial charge in [0.1, 0.15) is 0 Å². The van der Waals surface area contributed by atoms with Crippen molar-refractivity contribution >= 4 is 27.9 Å². The number of nitrogens with one attached hydrogen (secondary N) is 1. The van der Waals surface area contributed by atoms with E-state index in [-0.39, 0.29) is 16.3 Å². The average molecular weight is 323 g/mol. The van der Waals surface area contributed by atoms with E-state index in [9.17, 15) is 8.42 Å². The highest BCUT2D eigenvalue weighted by atomic mass is 32.2. The number of hydrazone groups is 1. The summed E-state index contributed by atoms with van der Waals surface area (Å²) in [7, 11) is -3.85. The predicted molar refractivity (Wildman–Crippen MR) is 88.1 cm³/mol. The maximum atomic E-state index is 12.4. The minimum absolute atomic E-state index is 0.0605. The van der Waals surface area contributed by atoms with E-state index in [0.29, 0.717) is 18.8 Å². The number of benzene rings is 1. The fourth-order valence-electron chi connectivity index (χ4n) is 1.99. The van der Waals surface area contributed by atoms with Gasteiger partial charge >= 0.3 is 0 Å². The van der Waals surface area contributed by atoms with E-state index in [4.69, 9.17) is 5.73 Å². The first-order valence-electron chi connectivity index (χ1n) is 7.00. The molecule has 8 heteroatoms. The Bertz CT molecular complexity index is 710. The van der Waals surface area contributed by atoms with Gasteiger partial charge in [0.2, 0.25) is 5.96 Å². The zero-order chi connectivity index (χ0) is 16.4. The lowest BCUT2D eigenvalue weighted by Gasteiger charge is -2.21. The van der Waals surface area contributed by atoms with E-state index in [1.54, 1.807) is 23.4 Å². The quantitative estimate of drug-likeness (QED) is 0.495. The summed E-state index contributed by atoms with van der Waals surface area (Å²) in [6.45, 7) is 7.01. The maximum Gasteiger partial charge on any atom is 0.285 e. The monoisotopic (exact) mass is 323 g/mol. The molecule has 7 nitrogen and oxygen atoms in total. The molecule has 120 valence electrons. The molecule has 1 aliphatic rings. The summed E-state index contributed by atoms with van der Waals surface area (Å²) in [5.41, 5.74) is 5.89. The van der Waals surface area contributed by atoms with Crippen LogP contribution >= 0.6 is 0 Å². The van der Waals surface area contributed by atoms with Gasteiger partial charge in [-0.15, -0.1) is 4.40 Å². The van der Waals surface area contributed by atoms with Gasteiger partial charge in [0.25, 0.3) is 10.0 Å². The number of sulfonamides is 1. The Morgan fingerprint density at radius 2 is 2.23 bits per heavy atom. The maximum absolute atomic E-state index is 12.4. The van der Waals surface area contributed by atoms with Crippen molar-refractivity contribution < 1.29 is 8.42 Å². The van der Waals surface area contributed by atoms with Crippen LogP contribution < -0.4 is 11.1 Å². The Morgan fingerprint density at radius 3 is 2.77 bits per heavy atom. The van der Waals surface area contributed by atoms with E-state index in [1.807, 2.05) is 20.8 Å². The van der Waals surface area contributed by atoms with Crippen molar-refractivity contribution in [2.24, 2.45) is 14.9 Å². The third-order valence-electron chi connectivity index (χ3n) is 3.05. The number of nitrogens with two attached hydrogens (primary N) is 1. The highest BCUT2D eigenvalue weighted by Gasteiger charge is 2.29. The number of hydrogen-bond acceptors (Lipinski definition) is 4. The van der Waals surface area contributed by atoms with Crippen molar-refractivity contribution in [2.45, 2.75) is 25.7 Å². The summed E-state index contributed by atoms with van der Waals surface area (Å²) >= 11 is 0. The van der Waals surface area contributed by atoms with Gasteiger partial charge in [0.05, 0.1) is 11.4 Å². The molecule has 3 N–H and O–H groups in total. The molecular formula is C14H21N5O2S. The highest BCUT2D eigenvalue weighted by Crippen LogP contribution is 2.22. The molecule has 0 bridgehead atoms. The lowest BCUT2D eigenvalue weighted by molar-refractivity contribution is 0.376. The van der Waals surface area contributed by atoms with E-state index in [2.05, 4.69) is 14.8 Å². The van der Waals surface area contributed by atoms with E-state index in [1.165, 1.54) is 12.1 Å². The first-order chi connectivity index (χ1) is 10.2. The van der Waals surface area contributed by atoms with Crippen LogP contribution in [-0.4, -0.2) is 38.7 Å². The van der Waals surface area contributed by atoms with Crippen molar-refractivity contribution in [1.82, 2.24) is 10.3 Å². The molecule has 1 heterocycles. The molecule has 0 radical (unpaired) electrons. The SMILES string of the molecule is CCN/C(=N/S(=O)(=O)c1cccc(N)c1)N1CC(C)(C)C=N1. The molecule has 0 fully saturated rings. The van der Waals surface area contributed by atoms with Gasteiger partial charge < -0.3 is 11.1 Å². The van der Waals surface area contributed by atoms with Gasteiger partial charge in [-0.25, -0.2) is 5.01 Å². The van der Waals surface area contributed by atoms with Crippen LogP contribution in [0, 0.1) is 5.41 Å². The molecule has 0 amide bonds. The third kappa shape index (κ3) is 3.76. The summed E-state index contributed by atoms with van der Waals surface area (Å²) in [5, 5.41) is 8.75. The number of rotatable bonds is 3. The second-order valence-electron chi connectivity index (χ2n) is 5.78. The molecular weight excluding hydrogens is 302 g/mol. The number of nitrogen functional groups attached to an aromatic ring is 1. The summed E-state index contributed by atoms with van der Waals surface area (Å²) in [6, 6.07) is 6.07. The molecule has 22 heavy (non-hydrogen) atoms. The molecule has 0 unspecified atom stereocenters. The zero-order valence-corrected chi connectivity index (χ0v) is 13.8. The third-order valence-corrected chi connectivity index (χ3v) is 4.31. The summed E-state index contributed by atoms with van der Waals surface area (Å²) in [4.78, 5) is 0.0605. The lowest BCUT2D eigenvalue weighted by atomic mass is 9.97. The van der Waals surface area contributed by atoms with Crippen molar-refractivity contribution in [3.63, 3.8) is 0 Å². The topological polar surface area (TPSA) is 100 Å². The van der Waals surface area contributed by atoms with E-state index in [0.717, 1.165) is 0 Å². The van der Waals surface area contributed by atoms with Gasteiger partial charge in [-0.2, -0.15) is 13.5 Å². The van der Waals surface area contributed by atoms with Crippen LogP contribution in [0.2, 0.25) is 0 Å². The van der Waals surface area contributed by atoms with Crippen LogP contribution in [-0.2, 0) is 10.0 Å². The average Bonchev–Trinajstić information content (AvgIpc) is 2.78. The van der Waals surface area contributed by atoms with Crippen LogP contribution in [0.4, 0.5) is 5.69 Å². The van der Waals surface area contributed by atoms with Crippen molar-refractivity contribution in [3.05, 3.63) is 24.3 Å². The summed E-state index contributed by atoms with van der Waals surface area (Å²) < 4.78 is 28.7. The van der Waals surface area contributed by atoms with Crippen LogP contribution in [0.1, 0.15) is 20.8 Å². The molecule has 0 aliphatic carbocycles. The molecule has 1 aliphatic heterocycles. The fourth-order valence-corrected chi connectivity index (χ4v) is 3.02. The van der Waals surface area contributed by atoms with Crippen molar-refractivity contribution in [3.8, 4) is 0 Å². The summed E-state index contributed by atoms with van der Waals surface area (Å²) in [5.74, 6) is 0.215. The molecule has 0 saturated heterocycles. The summed E-state index contributed by atoms with van der Waals surface area (Å²) in [6.07, 6.45) is 1.78. The number of anilines is 1. The van der Waals surface area contributed by atoms with Gasteiger partial charge in [0.15, 0.2) is 0 Å². The minimum atomic E-state index is -3.85. The number of guanidine groups is 1. The second-order valence-corrected chi connectivity index (χ2v) is 7.39. The van der Waals surface area contributed by atoms with Gasteiger partial charge in [-0.3, -0.25) is 0 Å². The molecule has 1 aromatic rings. The Morgan fingerprint density at radius 1 is 1.50 bits per heavy atom. The normalized spacial score (nSPS) is 17.8. The van der Waals surface area contributed by atoms with E-state index < -0.39 is 10.0 Å². The highest BCUT2D eigenvalue weighted by molar-refractivity contribution is 7.90. The first-order valence-corrected chi connectivity index (χ1v) is 8.44. The Labute approximate surface area is 131 Å². The van der Waals surface area contributed by atoms with Crippen molar-refractivity contribution in [1.29, 1.82) is 0 Å². The van der Waals surface area contributed by atoms with E-state index >= 15 is 0 Å². The molecule has 0 aromatic heterocycles. The lowest BCUT2D eigenvalue weighted by Crippen LogP contribution is -2.39. The largest absolute Gasteiger partial charge is 0.399 e. The van der Waals surface area contributed by atoms with Gasteiger partial charge in [0, 0.05) is 23.9 Å². The van der Waals surface area contributed by atoms with Crippen LogP contribution in [0.15, 0.2) is 38.7 Å². The molecule has 0 saturated carbocycles. The van der Waals surface area contributed by atoms with Crippen LogP contribution in [0.5, 0.6) is 0 Å². The molecule has 0 spiro atoms. The van der Waals surface area contributed by atoms with Crippen LogP contribution in [0.25, 0.3) is 0 Å². The van der Waals surface area contributed by atoms with Crippen LogP contribution in [0.3, 0.4) is 0 Å². The second kappa shape index (κ2) is 5.96. The zero-order valence-electron chi connectivity index (χ0n) is 12.9. The smallest absolute Gasteiger partial charge is 0.285 e. The minimum Gasteiger partial charge on any atom is -0.399 e. The first kappa shape index (κ1) is 16.3. The number of nitrogens with zero attached hydrogens (tertiary/aromatic N) is 3. The number of hydrogen-bond donors (Lipinski definition) is 2. The van der Waals surface area contributed by atoms with Gasteiger partial charge in [-0.1, -0.05) is 19.9 Å². The Hall–Kier alpha value is -2.09. The molecule has 0 atom stereocenters. The Kier molecular flexibility index (Phi) is 4.41. The Balaban J connectivity index is 2.35. The van der Waals surface area contributed by atoms with Crippen molar-refractivity contribution in [2.75, 3.05) is 18.8 Å². The molecule has 2 rings (SSSR count). The standard InChI is InChI=1S/C14H21N5O2S/c1-4-16-13(19-10-14(2,3)9-17-19)18-22(20,21)12-7-5-6-11(15)8-12/h5-9H,4,10,15H2,1-3H3,(H,16,18). The fraction of sp³-hybridized carbons (Fsp3) is 0.429. The molecule has 1 aromatic carbocycles.